The molecule has 0 spiro atoms. The van der Waals surface area contributed by atoms with E-state index < -0.39 is 0 Å². The van der Waals surface area contributed by atoms with Gasteiger partial charge < -0.3 is 15.6 Å². The zero-order chi connectivity index (χ0) is 20.9. The van der Waals surface area contributed by atoms with Crippen LogP contribution in [0.3, 0.4) is 0 Å². The molecule has 0 aromatic carbocycles. The number of aromatic nitrogens is 2. The number of nitrogens with zero attached hydrogens (tertiary/aromatic N) is 1. The summed E-state index contributed by atoms with van der Waals surface area (Å²) in [4.78, 5) is 46.1. The van der Waals surface area contributed by atoms with Crippen LogP contribution in [0.15, 0.2) is 4.79 Å². The Kier molecular flexibility index (Phi) is 7.09. The average molecular weight is 449 g/mol. The zero-order valence-electron chi connectivity index (χ0n) is 17.1. The Labute approximate surface area is 183 Å². The van der Waals surface area contributed by atoms with E-state index in [1.807, 2.05) is 0 Å². The van der Waals surface area contributed by atoms with E-state index >= 15 is 0 Å². The van der Waals surface area contributed by atoms with Crippen LogP contribution in [0.4, 0.5) is 0 Å². The summed E-state index contributed by atoms with van der Waals surface area (Å²) in [6, 6.07) is 0.310. The number of hydrogen-bond donors (Lipinski definition) is 3. The SMILES string of the molecule is O=C(CSCc1nc2sc3c(c2c(=O)[nH]1)CCCC3)NCCC(=O)NC1CCCC1. The number of nitrogens with one attached hydrogen (secondary N) is 3. The molecule has 2 aromatic rings. The smallest absolute Gasteiger partial charge is 0.259 e. The molecule has 162 valence electrons. The van der Waals surface area contributed by atoms with Crippen molar-refractivity contribution in [2.75, 3.05) is 12.3 Å². The second-order valence-electron chi connectivity index (χ2n) is 8.05. The van der Waals surface area contributed by atoms with Crippen molar-refractivity contribution in [3.8, 4) is 0 Å². The Hall–Kier alpha value is -1.87. The molecule has 3 N–H and O–H groups in total. The Morgan fingerprint density at radius 3 is 2.77 bits per heavy atom. The minimum Gasteiger partial charge on any atom is -0.355 e. The van der Waals surface area contributed by atoms with Crippen molar-refractivity contribution in [3.05, 3.63) is 26.6 Å². The Balaban J connectivity index is 1.21. The van der Waals surface area contributed by atoms with Gasteiger partial charge in [0.1, 0.15) is 10.7 Å². The molecule has 0 unspecified atom stereocenters. The number of H-pyrrole nitrogens is 1. The van der Waals surface area contributed by atoms with Crippen molar-refractivity contribution < 1.29 is 9.59 Å². The molecule has 2 aliphatic rings. The van der Waals surface area contributed by atoms with Crippen LogP contribution in [0, 0.1) is 0 Å². The molecule has 2 heterocycles. The van der Waals surface area contributed by atoms with Gasteiger partial charge in [-0.15, -0.1) is 23.1 Å². The van der Waals surface area contributed by atoms with E-state index in [1.165, 1.54) is 41.5 Å². The normalized spacial score (nSPS) is 16.5. The second-order valence-corrected chi connectivity index (χ2v) is 10.1. The lowest BCUT2D eigenvalue weighted by atomic mass is 9.97. The van der Waals surface area contributed by atoms with Crippen LogP contribution >= 0.6 is 23.1 Å². The number of hydrogen-bond acceptors (Lipinski definition) is 6. The molecule has 1 saturated carbocycles. The van der Waals surface area contributed by atoms with Crippen LogP contribution in [0.2, 0.25) is 0 Å². The van der Waals surface area contributed by atoms with E-state index in [1.54, 1.807) is 11.3 Å². The van der Waals surface area contributed by atoms with Gasteiger partial charge in [0.15, 0.2) is 0 Å². The largest absolute Gasteiger partial charge is 0.355 e. The van der Waals surface area contributed by atoms with E-state index in [9.17, 15) is 14.4 Å². The Morgan fingerprint density at radius 2 is 1.93 bits per heavy atom. The van der Waals surface area contributed by atoms with Gasteiger partial charge in [-0.1, -0.05) is 12.8 Å². The molecule has 1 fully saturated rings. The molecule has 9 heteroatoms. The molecule has 2 aliphatic carbocycles. The van der Waals surface area contributed by atoms with Crippen molar-refractivity contribution in [3.63, 3.8) is 0 Å². The number of fused-ring (bicyclic) bond motifs is 3. The summed E-state index contributed by atoms with van der Waals surface area (Å²) >= 11 is 3.05. The highest BCUT2D eigenvalue weighted by Crippen LogP contribution is 2.33. The van der Waals surface area contributed by atoms with Crippen molar-refractivity contribution >= 4 is 45.1 Å². The molecule has 0 radical (unpaired) electrons. The lowest BCUT2D eigenvalue weighted by molar-refractivity contribution is -0.122. The highest BCUT2D eigenvalue weighted by atomic mass is 32.2. The van der Waals surface area contributed by atoms with Gasteiger partial charge in [0.25, 0.3) is 5.56 Å². The fourth-order valence-electron chi connectivity index (χ4n) is 4.25. The highest BCUT2D eigenvalue weighted by molar-refractivity contribution is 7.99. The highest BCUT2D eigenvalue weighted by Gasteiger charge is 2.20. The number of thiophene rings is 1. The fraction of sp³-hybridized carbons (Fsp3) is 0.619. The molecule has 0 saturated heterocycles. The van der Waals surface area contributed by atoms with Crippen LogP contribution in [-0.4, -0.2) is 40.1 Å². The summed E-state index contributed by atoms with van der Waals surface area (Å²) in [6.45, 7) is 0.347. The van der Waals surface area contributed by atoms with Gasteiger partial charge in [-0.2, -0.15) is 0 Å². The molecule has 7 nitrogen and oxygen atoms in total. The van der Waals surface area contributed by atoms with E-state index in [-0.39, 0.29) is 23.1 Å². The van der Waals surface area contributed by atoms with Crippen LogP contribution < -0.4 is 16.2 Å². The minimum absolute atomic E-state index is 0.00331. The van der Waals surface area contributed by atoms with E-state index in [2.05, 4.69) is 20.6 Å². The molecule has 2 amide bonds. The van der Waals surface area contributed by atoms with Crippen molar-refractivity contribution in [1.29, 1.82) is 0 Å². The monoisotopic (exact) mass is 448 g/mol. The predicted molar refractivity (Wildman–Crippen MR) is 121 cm³/mol. The lowest BCUT2D eigenvalue weighted by Gasteiger charge is -2.12. The van der Waals surface area contributed by atoms with E-state index in [4.69, 9.17) is 0 Å². The zero-order valence-corrected chi connectivity index (χ0v) is 18.7. The first-order valence-corrected chi connectivity index (χ1v) is 12.7. The van der Waals surface area contributed by atoms with Gasteiger partial charge >= 0.3 is 0 Å². The second kappa shape index (κ2) is 9.96. The van der Waals surface area contributed by atoms with Crippen LogP contribution in [0.1, 0.15) is 61.2 Å². The van der Waals surface area contributed by atoms with Gasteiger partial charge in [-0.25, -0.2) is 4.98 Å². The minimum atomic E-state index is -0.108. The van der Waals surface area contributed by atoms with E-state index in [0.717, 1.165) is 42.3 Å². The predicted octanol–water partition coefficient (Wildman–Crippen LogP) is 2.66. The maximum absolute atomic E-state index is 12.5. The molecule has 4 rings (SSSR count). The quantitative estimate of drug-likeness (QED) is 0.576. The van der Waals surface area contributed by atoms with Crippen molar-refractivity contribution in [2.24, 2.45) is 0 Å². The van der Waals surface area contributed by atoms with Crippen LogP contribution in [0.5, 0.6) is 0 Å². The fourth-order valence-corrected chi connectivity index (χ4v) is 6.25. The average Bonchev–Trinajstić information content (AvgIpc) is 3.35. The number of carbonyl (C=O) groups is 2. The third-order valence-electron chi connectivity index (χ3n) is 5.74. The topological polar surface area (TPSA) is 104 Å². The standard InChI is InChI=1S/C21H28N4O3S2/c26-17(23-13-5-1-2-6-13)9-10-22-18(27)12-29-11-16-24-20(28)19-14-7-3-4-8-15(14)30-21(19)25-16/h13H,1-12H2,(H,22,27)(H,23,26)(H,24,25,28). The molecule has 0 atom stereocenters. The summed E-state index contributed by atoms with van der Waals surface area (Å²) in [5, 5.41) is 6.57. The van der Waals surface area contributed by atoms with Crippen molar-refractivity contribution in [1.82, 2.24) is 20.6 Å². The first kappa shape index (κ1) is 21.4. The molecule has 2 aromatic heterocycles. The number of carbonyl (C=O) groups excluding carboxylic acids is 2. The number of thioether (sulfide) groups is 1. The van der Waals surface area contributed by atoms with Gasteiger partial charge in [-0.05, 0) is 44.1 Å². The number of aromatic amines is 1. The third-order valence-corrected chi connectivity index (χ3v) is 7.87. The summed E-state index contributed by atoms with van der Waals surface area (Å²) in [7, 11) is 0. The van der Waals surface area contributed by atoms with Crippen LogP contribution in [-0.2, 0) is 28.2 Å². The molecule has 30 heavy (non-hydrogen) atoms. The van der Waals surface area contributed by atoms with Crippen LogP contribution in [0.25, 0.3) is 10.2 Å². The number of aryl methyl sites for hydroxylation is 2. The Bertz CT molecular complexity index is 979. The number of rotatable bonds is 8. The maximum Gasteiger partial charge on any atom is 0.259 e. The van der Waals surface area contributed by atoms with Gasteiger partial charge in [0, 0.05) is 23.9 Å². The molecular formula is C21H28N4O3S2. The molecular weight excluding hydrogens is 420 g/mol. The molecule has 0 bridgehead atoms. The number of amides is 2. The molecule has 0 aliphatic heterocycles. The lowest BCUT2D eigenvalue weighted by Crippen LogP contribution is -2.36. The maximum atomic E-state index is 12.5. The summed E-state index contributed by atoms with van der Waals surface area (Å²) < 4.78 is 0. The summed E-state index contributed by atoms with van der Waals surface area (Å²) in [6.07, 6.45) is 9.11. The van der Waals surface area contributed by atoms with Gasteiger partial charge in [0.05, 0.1) is 16.9 Å². The Morgan fingerprint density at radius 1 is 1.13 bits per heavy atom. The first-order chi connectivity index (χ1) is 14.6. The van der Waals surface area contributed by atoms with Crippen molar-refractivity contribution in [2.45, 2.75) is 69.6 Å². The third kappa shape index (κ3) is 5.24. The summed E-state index contributed by atoms with van der Waals surface area (Å²) in [5.41, 5.74) is 1.12. The van der Waals surface area contributed by atoms with E-state index in [0.29, 0.717) is 30.6 Å². The summed E-state index contributed by atoms with van der Waals surface area (Å²) in [5.74, 6) is 1.25. The van der Waals surface area contributed by atoms with Gasteiger partial charge in [0.2, 0.25) is 11.8 Å². The van der Waals surface area contributed by atoms with Gasteiger partial charge in [-0.3, -0.25) is 14.4 Å². The first-order valence-electron chi connectivity index (χ1n) is 10.8.